The first-order valence-corrected chi connectivity index (χ1v) is 10.5. The Morgan fingerprint density at radius 2 is 1.76 bits per heavy atom. The summed E-state index contributed by atoms with van der Waals surface area (Å²) in [6.45, 7) is 2.73. The minimum Gasteiger partial charge on any atom is -0.372 e. The van der Waals surface area contributed by atoms with Gasteiger partial charge in [0.2, 0.25) is 5.91 Å². The Morgan fingerprint density at radius 3 is 2.39 bits per heavy atom. The van der Waals surface area contributed by atoms with Gasteiger partial charge in [0.1, 0.15) is 12.1 Å². The summed E-state index contributed by atoms with van der Waals surface area (Å²) in [5, 5.41) is 5.06. The first-order valence-electron chi connectivity index (χ1n) is 10.5. The van der Waals surface area contributed by atoms with Gasteiger partial charge < -0.3 is 15.5 Å². The number of benzene rings is 2. The Hall–Kier alpha value is -3.56. The SMILES string of the molecule is CC1(c2cccc(C(F)(F)F)c2)NC(=O)N(CC(=O)Nc2ccc(N3CCCC3)cc2)C1=O. The third kappa shape index (κ3) is 4.50. The molecule has 0 aliphatic carbocycles. The van der Waals surface area contributed by atoms with Gasteiger partial charge in [-0.15, -0.1) is 0 Å². The number of alkyl halides is 3. The number of hydrogen-bond acceptors (Lipinski definition) is 4. The number of rotatable bonds is 5. The molecule has 10 heteroatoms. The minimum atomic E-state index is -4.60. The topological polar surface area (TPSA) is 81.8 Å². The smallest absolute Gasteiger partial charge is 0.372 e. The number of urea groups is 1. The molecule has 2 saturated heterocycles. The Labute approximate surface area is 188 Å². The predicted molar refractivity (Wildman–Crippen MR) is 116 cm³/mol. The summed E-state index contributed by atoms with van der Waals surface area (Å²) in [5.41, 5.74) is -1.10. The summed E-state index contributed by atoms with van der Waals surface area (Å²) in [5.74, 6) is -1.40. The van der Waals surface area contributed by atoms with E-state index in [1.807, 2.05) is 12.1 Å². The number of anilines is 2. The number of imide groups is 1. The molecule has 4 rings (SSSR count). The van der Waals surface area contributed by atoms with Crippen molar-refractivity contribution in [1.82, 2.24) is 10.2 Å². The van der Waals surface area contributed by atoms with Crippen LogP contribution in [-0.4, -0.2) is 42.4 Å². The quantitative estimate of drug-likeness (QED) is 0.667. The molecule has 2 aliphatic rings. The fourth-order valence-corrected chi connectivity index (χ4v) is 4.12. The maximum absolute atomic E-state index is 13.1. The molecule has 2 N–H and O–H groups in total. The van der Waals surface area contributed by atoms with Gasteiger partial charge in [-0.05, 0) is 61.7 Å². The lowest BCUT2D eigenvalue weighted by Gasteiger charge is -2.23. The van der Waals surface area contributed by atoms with Crippen LogP contribution in [0.5, 0.6) is 0 Å². The molecule has 7 nitrogen and oxygen atoms in total. The Bertz CT molecular complexity index is 1080. The lowest BCUT2D eigenvalue weighted by molar-refractivity contribution is -0.138. The zero-order valence-electron chi connectivity index (χ0n) is 17.9. The van der Waals surface area contributed by atoms with E-state index < -0.39 is 41.7 Å². The summed E-state index contributed by atoms with van der Waals surface area (Å²) in [4.78, 5) is 40.8. The second-order valence-corrected chi connectivity index (χ2v) is 8.31. The monoisotopic (exact) mass is 460 g/mol. The number of amides is 4. The molecule has 174 valence electrons. The summed E-state index contributed by atoms with van der Waals surface area (Å²) in [6.07, 6.45) is -2.31. The maximum Gasteiger partial charge on any atom is 0.416 e. The molecule has 1 atom stereocenters. The van der Waals surface area contributed by atoms with E-state index in [0.29, 0.717) is 10.6 Å². The zero-order chi connectivity index (χ0) is 23.8. The molecule has 0 aromatic heterocycles. The molecule has 2 heterocycles. The third-order valence-corrected chi connectivity index (χ3v) is 5.97. The maximum atomic E-state index is 13.1. The fraction of sp³-hybridized carbons (Fsp3) is 0.348. The molecule has 4 amide bonds. The van der Waals surface area contributed by atoms with E-state index in [9.17, 15) is 27.6 Å². The molecule has 1 unspecified atom stereocenters. The molecule has 2 aromatic carbocycles. The van der Waals surface area contributed by atoms with Crippen molar-refractivity contribution in [2.75, 3.05) is 29.9 Å². The summed E-state index contributed by atoms with van der Waals surface area (Å²) < 4.78 is 39.3. The third-order valence-electron chi connectivity index (χ3n) is 5.97. The van der Waals surface area contributed by atoms with Crippen LogP contribution in [-0.2, 0) is 21.3 Å². The average molecular weight is 460 g/mol. The van der Waals surface area contributed by atoms with Gasteiger partial charge in [-0.1, -0.05) is 12.1 Å². The van der Waals surface area contributed by atoms with Crippen LogP contribution in [0, 0.1) is 0 Å². The van der Waals surface area contributed by atoms with E-state index in [4.69, 9.17) is 0 Å². The van der Waals surface area contributed by atoms with Crippen molar-refractivity contribution in [1.29, 1.82) is 0 Å². The molecule has 2 fully saturated rings. The lowest BCUT2D eigenvalue weighted by Crippen LogP contribution is -2.42. The second kappa shape index (κ2) is 8.42. The van der Waals surface area contributed by atoms with Crippen molar-refractivity contribution in [3.63, 3.8) is 0 Å². The highest BCUT2D eigenvalue weighted by Crippen LogP contribution is 2.34. The van der Waals surface area contributed by atoms with Crippen LogP contribution in [0.2, 0.25) is 0 Å². The largest absolute Gasteiger partial charge is 0.416 e. The van der Waals surface area contributed by atoms with Crippen molar-refractivity contribution >= 4 is 29.2 Å². The van der Waals surface area contributed by atoms with Crippen LogP contribution in [0.3, 0.4) is 0 Å². The van der Waals surface area contributed by atoms with Crippen LogP contribution >= 0.6 is 0 Å². The van der Waals surface area contributed by atoms with Crippen molar-refractivity contribution in [2.45, 2.75) is 31.5 Å². The molecule has 0 bridgehead atoms. The van der Waals surface area contributed by atoms with E-state index in [0.717, 1.165) is 43.8 Å². The van der Waals surface area contributed by atoms with Crippen molar-refractivity contribution in [3.8, 4) is 0 Å². The van der Waals surface area contributed by atoms with Crippen LogP contribution in [0.4, 0.5) is 29.3 Å². The van der Waals surface area contributed by atoms with Crippen LogP contribution in [0.1, 0.15) is 30.9 Å². The summed E-state index contributed by atoms with van der Waals surface area (Å²) in [6, 6.07) is 10.6. The number of nitrogens with one attached hydrogen (secondary N) is 2. The van der Waals surface area contributed by atoms with Crippen molar-refractivity contribution < 1.29 is 27.6 Å². The molecular formula is C23H23F3N4O3. The van der Waals surface area contributed by atoms with E-state index >= 15 is 0 Å². The van der Waals surface area contributed by atoms with Gasteiger partial charge in [-0.25, -0.2) is 4.79 Å². The van der Waals surface area contributed by atoms with Gasteiger partial charge >= 0.3 is 12.2 Å². The van der Waals surface area contributed by atoms with Crippen LogP contribution in [0.15, 0.2) is 48.5 Å². The van der Waals surface area contributed by atoms with Crippen molar-refractivity contribution in [2.24, 2.45) is 0 Å². The summed E-state index contributed by atoms with van der Waals surface area (Å²) >= 11 is 0. The van der Waals surface area contributed by atoms with Crippen LogP contribution in [0.25, 0.3) is 0 Å². The second-order valence-electron chi connectivity index (χ2n) is 8.31. The Morgan fingerprint density at radius 1 is 1.09 bits per heavy atom. The highest BCUT2D eigenvalue weighted by Gasteiger charge is 2.50. The Kier molecular flexibility index (Phi) is 5.77. The van der Waals surface area contributed by atoms with Gasteiger partial charge in [0.05, 0.1) is 5.56 Å². The van der Waals surface area contributed by atoms with E-state index in [1.165, 1.54) is 19.1 Å². The first kappa shape index (κ1) is 22.6. The minimum absolute atomic E-state index is 0.0175. The number of nitrogens with zero attached hydrogens (tertiary/aromatic N) is 2. The van der Waals surface area contributed by atoms with E-state index in [1.54, 1.807) is 12.1 Å². The molecule has 2 aromatic rings. The number of carbonyl (C=O) groups excluding carboxylic acids is 3. The number of carbonyl (C=O) groups is 3. The molecule has 0 saturated carbocycles. The standard InChI is InChI=1S/C23H23F3N4O3/c1-22(15-5-4-6-16(13-15)23(24,25)26)20(32)30(21(33)28-22)14-19(31)27-17-7-9-18(10-8-17)29-11-2-3-12-29/h4-10,13H,2-3,11-12,14H2,1H3,(H,27,31)(H,28,33). The van der Waals surface area contributed by atoms with Crippen LogP contribution < -0.4 is 15.5 Å². The first-order chi connectivity index (χ1) is 15.6. The highest BCUT2D eigenvalue weighted by molar-refractivity contribution is 6.10. The number of hydrogen-bond donors (Lipinski definition) is 2. The molecule has 2 aliphatic heterocycles. The molecule has 0 radical (unpaired) electrons. The van der Waals surface area contributed by atoms with Gasteiger partial charge in [0.15, 0.2) is 0 Å². The van der Waals surface area contributed by atoms with Gasteiger partial charge in [-0.3, -0.25) is 14.5 Å². The van der Waals surface area contributed by atoms with E-state index in [2.05, 4.69) is 15.5 Å². The fourth-order valence-electron chi connectivity index (χ4n) is 4.12. The zero-order valence-corrected chi connectivity index (χ0v) is 17.9. The molecule has 33 heavy (non-hydrogen) atoms. The molecule has 0 spiro atoms. The predicted octanol–water partition coefficient (Wildman–Crippen LogP) is 3.71. The van der Waals surface area contributed by atoms with Gasteiger partial charge in [0.25, 0.3) is 5.91 Å². The number of halogens is 3. The average Bonchev–Trinajstić information content (AvgIpc) is 3.38. The van der Waals surface area contributed by atoms with E-state index in [-0.39, 0.29) is 5.56 Å². The van der Waals surface area contributed by atoms with Crippen molar-refractivity contribution in [3.05, 3.63) is 59.7 Å². The van der Waals surface area contributed by atoms with Gasteiger partial charge in [0, 0.05) is 24.5 Å². The molecular weight excluding hydrogens is 437 g/mol. The Balaban J connectivity index is 1.44. The highest BCUT2D eigenvalue weighted by atomic mass is 19.4. The lowest BCUT2D eigenvalue weighted by atomic mass is 9.90. The van der Waals surface area contributed by atoms with Gasteiger partial charge in [-0.2, -0.15) is 13.2 Å². The normalized spacial score (nSPS) is 20.8. The summed E-state index contributed by atoms with van der Waals surface area (Å²) in [7, 11) is 0.